The van der Waals surface area contributed by atoms with Gasteiger partial charge in [0.1, 0.15) is 11.8 Å². The Hall–Kier alpha value is -1.53. The Bertz CT molecular complexity index is 488. The summed E-state index contributed by atoms with van der Waals surface area (Å²) in [6.07, 6.45) is 2.56. The van der Waals surface area contributed by atoms with Crippen LogP contribution in [0.1, 0.15) is 37.8 Å². The Morgan fingerprint density at radius 1 is 1.42 bits per heavy atom. The van der Waals surface area contributed by atoms with Crippen LogP contribution in [-0.4, -0.2) is 25.1 Å². The highest BCUT2D eigenvalue weighted by molar-refractivity contribution is 5.45. The smallest absolute Gasteiger partial charge is 0.136 e. The van der Waals surface area contributed by atoms with Crippen LogP contribution in [0.25, 0.3) is 0 Å². The third-order valence-electron chi connectivity index (χ3n) is 3.77. The zero-order valence-electron chi connectivity index (χ0n) is 12.1. The molecule has 1 heterocycles. The molecule has 0 spiro atoms. The van der Waals surface area contributed by atoms with Gasteiger partial charge in [0.2, 0.25) is 0 Å². The van der Waals surface area contributed by atoms with Crippen LogP contribution in [0.4, 0.5) is 0 Å². The van der Waals surface area contributed by atoms with Crippen molar-refractivity contribution in [3.05, 3.63) is 29.3 Å². The van der Waals surface area contributed by atoms with E-state index >= 15 is 0 Å². The van der Waals surface area contributed by atoms with Gasteiger partial charge in [-0.1, -0.05) is 19.9 Å². The lowest BCUT2D eigenvalue weighted by molar-refractivity contribution is 0.111. The van der Waals surface area contributed by atoms with Crippen molar-refractivity contribution in [3.63, 3.8) is 0 Å². The van der Waals surface area contributed by atoms with Gasteiger partial charge in [-0.3, -0.25) is 4.90 Å². The number of piperidine rings is 1. The lowest BCUT2D eigenvalue weighted by Crippen LogP contribution is -2.39. The minimum Gasteiger partial charge on any atom is -0.495 e. The van der Waals surface area contributed by atoms with E-state index in [0.29, 0.717) is 16.7 Å². The van der Waals surface area contributed by atoms with Crippen LogP contribution in [0.5, 0.6) is 5.75 Å². The van der Waals surface area contributed by atoms with E-state index in [0.717, 1.165) is 19.6 Å². The first-order chi connectivity index (χ1) is 9.04. The summed E-state index contributed by atoms with van der Waals surface area (Å²) >= 11 is 0. The van der Waals surface area contributed by atoms with Crippen LogP contribution in [0.15, 0.2) is 18.2 Å². The molecule has 1 fully saturated rings. The van der Waals surface area contributed by atoms with Crippen molar-refractivity contribution < 1.29 is 4.74 Å². The molecule has 19 heavy (non-hydrogen) atoms. The summed E-state index contributed by atoms with van der Waals surface area (Å²) in [5.41, 5.74) is 2.22. The molecule has 0 amide bonds. The first-order valence-electron chi connectivity index (χ1n) is 6.83. The molecule has 0 radical (unpaired) electrons. The van der Waals surface area contributed by atoms with Gasteiger partial charge in [-0.15, -0.1) is 0 Å². The first kappa shape index (κ1) is 13.9. The quantitative estimate of drug-likeness (QED) is 0.835. The third-order valence-corrected chi connectivity index (χ3v) is 3.77. The predicted molar refractivity (Wildman–Crippen MR) is 76.0 cm³/mol. The number of ether oxygens (including phenoxy) is 1. The molecule has 102 valence electrons. The molecule has 0 N–H and O–H groups in total. The molecular weight excluding hydrogens is 236 g/mol. The molecule has 3 nitrogen and oxygen atoms in total. The van der Waals surface area contributed by atoms with Crippen LogP contribution in [0.3, 0.4) is 0 Å². The van der Waals surface area contributed by atoms with Crippen LogP contribution in [0.2, 0.25) is 0 Å². The van der Waals surface area contributed by atoms with E-state index in [2.05, 4.69) is 30.9 Å². The normalized spacial score (nSPS) is 18.8. The van der Waals surface area contributed by atoms with Gasteiger partial charge in [0.25, 0.3) is 0 Å². The number of hydrogen-bond acceptors (Lipinski definition) is 3. The fourth-order valence-electron chi connectivity index (χ4n) is 2.88. The zero-order chi connectivity index (χ0) is 13.9. The summed E-state index contributed by atoms with van der Waals surface area (Å²) in [7, 11) is 1.60. The maximum absolute atomic E-state index is 9.12. The number of rotatable bonds is 3. The van der Waals surface area contributed by atoms with Gasteiger partial charge in [0.15, 0.2) is 0 Å². The van der Waals surface area contributed by atoms with Gasteiger partial charge in [0.05, 0.1) is 12.7 Å². The van der Waals surface area contributed by atoms with E-state index < -0.39 is 0 Å². The zero-order valence-corrected chi connectivity index (χ0v) is 12.1. The van der Waals surface area contributed by atoms with Gasteiger partial charge in [-0.05, 0) is 42.5 Å². The molecule has 1 aromatic carbocycles. The highest BCUT2D eigenvalue weighted by Crippen LogP contribution is 2.29. The Balaban J connectivity index is 2.09. The van der Waals surface area contributed by atoms with Crippen LogP contribution >= 0.6 is 0 Å². The molecule has 1 saturated heterocycles. The number of methoxy groups -OCH3 is 1. The van der Waals surface area contributed by atoms with Crippen LogP contribution in [0, 0.1) is 16.7 Å². The minimum absolute atomic E-state index is 0.406. The van der Waals surface area contributed by atoms with E-state index in [1.807, 2.05) is 12.1 Å². The van der Waals surface area contributed by atoms with Crippen molar-refractivity contribution >= 4 is 0 Å². The average molecular weight is 258 g/mol. The Morgan fingerprint density at radius 3 is 2.84 bits per heavy atom. The SMILES string of the molecule is COc1ccc(CN2CCCC(C)(C)C2)cc1C#N. The molecule has 0 aromatic heterocycles. The highest BCUT2D eigenvalue weighted by atomic mass is 16.5. The van der Waals surface area contributed by atoms with Crippen molar-refractivity contribution in [2.24, 2.45) is 5.41 Å². The number of nitriles is 1. The molecule has 0 atom stereocenters. The van der Waals surface area contributed by atoms with Crippen molar-refractivity contribution in [2.45, 2.75) is 33.2 Å². The monoisotopic (exact) mass is 258 g/mol. The Labute approximate surface area is 115 Å². The van der Waals surface area contributed by atoms with E-state index in [9.17, 15) is 0 Å². The highest BCUT2D eigenvalue weighted by Gasteiger charge is 2.26. The summed E-state index contributed by atoms with van der Waals surface area (Å²) in [5, 5.41) is 9.12. The van der Waals surface area contributed by atoms with Gasteiger partial charge in [0, 0.05) is 13.1 Å². The Morgan fingerprint density at radius 2 is 2.21 bits per heavy atom. The number of nitrogens with zero attached hydrogens (tertiary/aromatic N) is 2. The second-order valence-corrected chi connectivity index (χ2v) is 6.12. The summed E-state index contributed by atoms with van der Waals surface area (Å²) in [4.78, 5) is 2.48. The van der Waals surface area contributed by atoms with Gasteiger partial charge in [-0.2, -0.15) is 5.26 Å². The maximum atomic E-state index is 9.12. The van der Waals surface area contributed by atoms with Crippen molar-refractivity contribution in [3.8, 4) is 11.8 Å². The molecule has 0 bridgehead atoms. The molecule has 0 aliphatic carbocycles. The summed E-state index contributed by atoms with van der Waals surface area (Å²) in [6, 6.07) is 8.09. The fraction of sp³-hybridized carbons (Fsp3) is 0.562. The maximum Gasteiger partial charge on any atom is 0.136 e. The lowest BCUT2D eigenvalue weighted by atomic mass is 9.84. The molecule has 1 aliphatic heterocycles. The average Bonchev–Trinajstić information content (AvgIpc) is 2.37. The van der Waals surface area contributed by atoms with Crippen molar-refractivity contribution in [1.29, 1.82) is 5.26 Å². The van der Waals surface area contributed by atoms with Crippen LogP contribution < -0.4 is 4.74 Å². The van der Waals surface area contributed by atoms with Gasteiger partial charge >= 0.3 is 0 Å². The second kappa shape index (κ2) is 5.63. The van der Waals surface area contributed by atoms with E-state index in [1.54, 1.807) is 7.11 Å². The topological polar surface area (TPSA) is 36.3 Å². The minimum atomic E-state index is 0.406. The van der Waals surface area contributed by atoms with E-state index in [1.165, 1.54) is 18.4 Å². The number of benzene rings is 1. The molecule has 1 aromatic rings. The molecule has 0 saturated carbocycles. The summed E-state index contributed by atoms with van der Waals surface area (Å²) in [5.74, 6) is 0.658. The first-order valence-corrected chi connectivity index (χ1v) is 6.83. The predicted octanol–water partition coefficient (Wildman–Crippen LogP) is 3.19. The van der Waals surface area contributed by atoms with Crippen molar-refractivity contribution in [1.82, 2.24) is 4.90 Å². The van der Waals surface area contributed by atoms with E-state index in [4.69, 9.17) is 10.00 Å². The molecule has 3 heteroatoms. The largest absolute Gasteiger partial charge is 0.495 e. The molecular formula is C16H22N2O. The number of hydrogen-bond donors (Lipinski definition) is 0. The fourth-order valence-corrected chi connectivity index (χ4v) is 2.88. The molecule has 2 rings (SSSR count). The summed E-state index contributed by atoms with van der Waals surface area (Å²) < 4.78 is 5.18. The van der Waals surface area contributed by atoms with Crippen molar-refractivity contribution in [2.75, 3.05) is 20.2 Å². The summed E-state index contributed by atoms with van der Waals surface area (Å²) in [6.45, 7) is 7.85. The van der Waals surface area contributed by atoms with Crippen LogP contribution in [-0.2, 0) is 6.54 Å². The Kier molecular flexibility index (Phi) is 4.11. The van der Waals surface area contributed by atoms with Gasteiger partial charge in [-0.25, -0.2) is 0 Å². The van der Waals surface area contributed by atoms with E-state index in [-0.39, 0.29) is 0 Å². The van der Waals surface area contributed by atoms with Gasteiger partial charge < -0.3 is 4.74 Å². The second-order valence-electron chi connectivity index (χ2n) is 6.12. The third kappa shape index (κ3) is 3.48. The number of likely N-dealkylation sites (tertiary alicyclic amines) is 1. The standard InChI is InChI=1S/C16H22N2O/c1-16(2)7-4-8-18(12-16)11-13-5-6-15(19-3)14(9-13)10-17/h5-6,9H,4,7-8,11-12H2,1-3H3. The lowest BCUT2D eigenvalue weighted by Gasteiger charge is -2.38. The molecule has 1 aliphatic rings. The molecule has 0 unspecified atom stereocenters.